The zero-order valence-electron chi connectivity index (χ0n) is 15.3. The summed E-state index contributed by atoms with van der Waals surface area (Å²) in [6.07, 6.45) is 0.820. The van der Waals surface area contributed by atoms with E-state index in [1.54, 1.807) is 12.1 Å². The topological polar surface area (TPSA) is 38.3 Å². The van der Waals surface area contributed by atoms with E-state index in [4.69, 9.17) is 16.3 Å². The van der Waals surface area contributed by atoms with E-state index in [0.29, 0.717) is 17.2 Å². The number of rotatable bonds is 7. The van der Waals surface area contributed by atoms with Crippen molar-refractivity contribution >= 4 is 17.5 Å². The third kappa shape index (κ3) is 5.79. The molecule has 0 aliphatic carbocycles. The number of amides is 1. The van der Waals surface area contributed by atoms with Gasteiger partial charge in [-0.25, -0.2) is 0 Å². The Labute approximate surface area is 155 Å². The lowest BCUT2D eigenvalue weighted by Gasteiger charge is -2.29. The van der Waals surface area contributed by atoms with E-state index in [2.05, 4.69) is 17.4 Å². The van der Waals surface area contributed by atoms with Crippen LogP contribution in [0.15, 0.2) is 48.5 Å². The summed E-state index contributed by atoms with van der Waals surface area (Å²) in [6.45, 7) is 7.91. The first-order chi connectivity index (χ1) is 11.8. The molecule has 25 heavy (non-hydrogen) atoms. The molecule has 0 aromatic heterocycles. The van der Waals surface area contributed by atoms with E-state index in [-0.39, 0.29) is 11.4 Å². The highest BCUT2D eigenvalue weighted by molar-refractivity contribution is 6.31. The van der Waals surface area contributed by atoms with Gasteiger partial charge in [-0.2, -0.15) is 0 Å². The Morgan fingerprint density at radius 1 is 1.20 bits per heavy atom. The number of hydrogen-bond donors (Lipinski definition) is 1. The average Bonchev–Trinajstić information content (AvgIpc) is 2.55. The van der Waals surface area contributed by atoms with E-state index in [1.807, 2.05) is 52.0 Å². The fraction of sp³-hybridized carbons (Fsp3) is 0.381. The van der Waals surface area contributed by atoms with E-state index in [1.165, 1.54) is 5.56 Å². The van der Waals surface area contributed by atoms with Crippen LogP contribution >= 0.6 is 11.6 Å². The van der Waals surface area contributed by atoms with Gasteiger partial charge in [0.15, 0.2) is 6.10 Å². The fourth-order valence-corrected chi connectivity index (χ4v) is 2.86. The van der Waals surface area contributed by atoms with Gasteiger partial charge >= 0.3 is 0 Å². The third-order valence-electron chi connectivity index (χ3n) is 4.02. The van der Waals surface area contributed by atoms with Crippen LogP contribution in [0, 0.1) is 6.92 Å². The molecule has 0 bridgehead atoms. The summed E-state index contributed by atoms with van der Waals surface area (Å²) in [5.74, 6) is 0.556. The molecule has 2 aromatic rings. The maximum Gasteiger partial charge on any atom is 0.261 e. The summed E-state index contributed by atoms with van der Waals surface area (Å²) >= 11 is 6.04. The highest BCUT2D eigenvalue weighted by atomic mass is 35.5. The van der Waals surface area contributed by atoms with Crippen LogP contribution in [0.5, 0.6) is 5.75 Å². The first-order valence-corrected chi connectivity index (χ1v) is 8.97. The van der Waals surface area contributed by atoms with Crippen molar-refractivity contribution in [1.29, 1.82) is 0 Å². The van der Waals surface area contributed by atoms with Crippen molar-refractivity contribution in [2.24, 2.45) is 0 Å². The van der Waals surface area contributed by atoms with Gasteiger partial charge in [-0.15, -0.1) is 0 Å². The van der Waals surface area contributed by atoms with Crippen LogP contribution in [0.1, 0.15) is 38.3 Å². The standard InChI is InChI=1S/C21H26ClNO2/c1-5-19(25-17-11-12-18(22)15(2)13-17)20(24)23-21(3,4)14-16-9-7-6-8-10-16/h6-13,19H,5,14H2,1-4H3,(H,23,24)/t19-/m1/s1. The van der Waals surface area contributed by atoms with Gasteiger partial charge in [0, 0.05) is 10.6 Å². The number of hydrogen-bond acceptors (Lipinski definition) is 2. The molecular weight excluding hydrogens is 334 g/mol. The molecule has 1 atom stereocenters. The molecule has 2 aromatic carbocycles. The Balaban J connectivity index is 2.02. The molecule has 0 aliphatic heterocycles. The molecule has 0 radical (unpaired) electrons. The van der Waals surface area contributed by atoms with Crippen molar-refractivity contribution in [2.45, 2.75) is 52.2 Å². The molecule has 1 N–H and O–H groups in total. The molecule has 0 saturated carbocycles. The number of carbonyl (C=O) groups excluding carboxylic acids is 1. The van der Waals surface area contributed by atoms with Crippen molar-refractivity contribution in [3.05, 3.63) is 64.7 Å². The molecule has 0 unspecified atom stereocenters. The predicted molar refractivity (Wildman–Crippen MR) is 103 cm³/mol. The maximum atomic E-state index is 12.7. The molecule has 3 nitrogen and oxygen atoms in total. The van der Waals surface area contributed by atoms with Gasteiger partial charge in [0.05, 0.1) is 0 Å². The Bertz CT molecular complexity index is 713. The van der Waals surface area contributed by atoms with Gasteiger partial charge in [0.1, 0.15) is 5.75 Å². The number of carbonyl (C=O) groups is 1. The van der Waals surface area contributed by atoms with Gasteiger partial charge in [-0.1, -0.05) is 48.9 Å². The smallest absolute Gasteiger partial charge is 0.261 e. The van der Waals surface area contributed by atoms with Crippen molar-refractivity contribution in [2.75, 3.05) is 0 Å². The molecule has 0 saturated heterocycles. The van der Waals surface area contributed by atoms with Gasteiger partial charge < -0.3 is 10.1 Å². The quantitative estimate of drug-likeness (QED) is 0.760. The Morgan fingerprint density at radius 3 is 2.48 bits per heavy atom. The first-order valence-electron chi connectivity index (χ1n) is 8.59. The molecule has 1 amide bonds. The molecule has 4 heteroatoms. The number of aryl methyl sites for hydroxylation is 1. The van der Waals surface area contributed by atoms with Crippen molar-refractivity contribution < 1.29 is 9.53 Å². The second-order valence-corrected chi connectivity index (χ2v) is 7.37. The summed E-state index contributed by atoms with van der Waals surface area (Å²) < 4.78 is 5.89. The maximum absolute atomic E-state index is 12.7. The van der Waals surface area contributed by atoms with Gasteiger partial charge in [-0.3, -0.25) is 4.79 Å². The second kappa shape index (κ2) is 8.39. The SMILES string of the molecule is CC[C@@H](Oc1ccc(Cl)c(C)c1)C(=O)NC(C)(C)Cc1ccccc1. The minimum absolute atomic E-state index is 0.101. The van der Waals surface area contributed by atoms with Crippen LogP contribution in [0.25, 0.3) is 0 Å². The monoisotopic (exact) mass is 359 g/mol. The summed E-state index contributed by atoms with van der Waals surface area (Å²) in [6, 6.07) is 15.6. The summed E-state index contributed by atoms with van der Waals surface area (Å²) in [4.78, 5) is 12.7. The molecule has 134 valence electrons. The summed E-state index contributed by atoms with van der Waals surface area (Å²) in [5, 5.41) is 3.80. The summed E-state index contributed by atoms with van der Waals surface area (Å²) in [7, 11) is 0. The minimum atomic E-state index is -0.532. The van der Waals surface area contributed by atoms with Crippen LogP contribution in [-0.4, -0.2) is 17.6 Å². The molecule has 0 aliphatic rings. The number of halogens is 1. The molecule has 0 heterocycles. The highest BCUT2D eigenvalue weighted by Crippen LogP contribution is 2.23. The lowest BCUT2D eigenvalue weighted by Crippen LogP contribution is -2.50. The molecule has 0 fully saturated rings. The lowest BCUT2D eigenvalue weighted by molar-refractivity contribution is -0.129. The first kappa shape index (κ1) is 19.3. The Kier molecular flexibility index (Phi) is 6.49. The van der Waals surface area contributed by atoms with Crippen molar-refractivity contribution in [1.82, 2.24) is 5.32 Å². The Hall–Kier alpha value is -2.00. The van der Waals surface area contributed by atoms with Crippen LogP contribution in [0.4, 0.5) is 0 Å². The van der Waals surface area contributed by atoms with Crippen molar-refractivity contribution in [3.63, 3.8) is 0 Å². The fourth-order valence-electron chi connectivity index (χ4n) is 2.74. The van der Waals surface area contributed by atoms with Crippen LogP contribution in [0.3, 0.4) is 0 Å². The van der Waals surface area contributed by atoms with Gasteiger partial charge in [-0.05, 0) is 62.9 Å². The second-order valence-electron chi connectivity index (χ2n) is 6.96. The number of benzene rings is 2. The predicted octanol–water partition coefficient (Wildman–Crippen LogP) is 4.94. The third-order valence-corrected chi connectivity index (χ3v) is 4.45. The number of ether oxygens (including phenoxy) is 1. The van der Waals surface area contributed by atoms with Crippen LogP contribution in [-0.2, 0) is 11.2 Å². The van der Waals surface area contributed by atoms with E-state index in [9.17, 15) is 4.79 Å². The molecular formula is C21H26ClNO2. The van der Waals surface area contributed by atoms with E-state index >= 15 is 0 Å². The van der Waals surface area contributed by atoms with E-state index in [0.717, 1.165) is 12.0 Å². The van der Waals surface area contributed by atoms with Gasteiger partial charge in [0.2, 0.25) is 0 Å². The van der Waals surface area contributed by atoms with Crippen LogP contribution in [0.2, 0.25) is 5.02 Å². The average molecular weight is 360 g/mol. The van der Waals surface area contributed by atoms with Gasteiger partial charge in [0.25, 0.3) is 5.91 Å². The molecule has 2 rings (SSSR count). The minimum Gasteiger partial charge on any atom is -0.481 e. The van der Waals surface area contributed by atoms with Crippen LogP contribution < -0.4 is 10.1 Å². The zero-order chi connectivity index (χ0) is 18.4. The zero-order valence-corrected chi connectivity index (χ0v) is 16.1. The number of nitrogens with one attached hydrogen (secondary N) is 1. The van der Waals surface area contributed by atoms with E-state index < -0.39 is 6.10 Å². The highest BCUT2D eigenvalue weighted by Gasteiger charge is 2.26. The Morgan fingerprint density at radius 2 is 1.88 bits per heavy atom. The largest absolute Gasteiger partial charge is 0.481 e. The lowest BCUT2D eigenvalue weighted by atomic mass is 9.94. The molecule has 0 spiro atoms. The summed E-state index contributed by atoms with van der Waals surface area (Å²) in [5.41, 5.74) is 1.76. The normalized spacial score (nSPS) is 12.5. The van der Waals surface area contributed by atoms with Crippen molar-refractivity contribution in [3.8, 4) is 5.75 Å².